The molecule has 35 heavy (non-hydrogen) atoms. The summed E-state index contributed by atoms with van der Waals surface area (Å²) in [5.41, 5.74) is 2.00. The minimum absolute atomic E-state index is 0.127. The molecule has 2 rings (SSSR count). The molecule has 0 fully saturated rings. The number of amides is 2. The predicted octanol–water partition coefficient (Wildman–Crippen LogP) is 3.08. The number of hydrogen-bond acceptors (Lipinski definition) is 4. The molecule has 0 aliphatic heterocycles. The minimum Gasteiger partial charge on any atom is -0.352 e. The van der Waals surface area contributed by atoms with Crippen molar-refractivity contribution in [1.82, 2.24) is 14.5 Å². The highest BCUT2D eigenvalue weighted by atomic mass is 32.2. The zero-order valence-electron chi connectivity index (χ0n) is 21.2. The summed E-state index contributed by atoms with van der Waals surface area (Å²) in [5.74, 6) is -1.39. The lowest BCUT2D eigenvalue weighted by molar-refractivity contribution is -0.140. The Hall–Kier alpha value is -2.98. The molecule has 192 valence electrons. The second kappa shape index (κ2) is 12.1. The predicted molar refractivity (Wildman–Crippen MR) is 135 cm³/mol. The Morgan fingerprint density at radius 1 is 1.00 bits per heavy atom. The van der Waals surface area contributed by atoms with Gasteiger partial charge in [0, 0.05) is 26.7 Å². The van der Waals surface area contributed by atoms with E-state index in [-0.39, 0.29) is 24.2 Å². The molecule has 0 unspecified atom stereocenters. The molecule has 8 nitrogen and oxygen atoms in total. The van der Waals surface area contributed by atoms with Crippen molar-refractivity contribution in [2.24, 2.45) is 0 Å². The molecule has 0 heterocycles. The average Bonchev–Trinajstić information content (AvgIpc) is 2.78. The number of rotatable bonds is 11. The van der Waals surface area contributed by atoms with Gasteiger partial charge in [-0.25, -0.2) is 8.70 Å². The summed E-state index contributed by atoms with van der Waals surface area (Å²) < 4.78 is 41.6. The number of halogens is 1. The number of benzene rings is 2. The van der Waals surface area contributed by atoms with Gasteiger partial charge in [-0.05, 0) is 57.0 Å². The molecule has 0 radical (unpaired) electrons. The minimum atomic E-state index is -4.09. The molecular weight excluding hydrogens is 471 g/mol. The number of aryl methyl sites for hydroxylation is 1. The SMILES string of the molecule is CC[C@@H](C(=O)NC(C)C)N(Cc1ccc(C)cc1)C(=O)CN(c1ccc(F)cc1)S(=O)(=O)N(C)C. The van der Waals surface area contributed by atoms with E-state index < -0.39 is 34.5 Å². The molecule has 1 atom stereocenters. The van der Waals surface area contributed by atoms with E-state index in [9.17, 15) is 22.4 Å². The molecule has 2 aromatic rings. The van der Waals surface area contributed by atoms with E-state index in [0.717, 1.165) is 31.9 Å². The van der Waals surface area contributed by atoms with Gasteiger partial charge in [-0.2, -0.15) is 12.7 Å². The van der Waals surface area contributed by atoms with Crippen molar-refractivity contribution >= 4 is 27.7 Å². The molecule has 2 aromatic carbocycles. The molecule has 0 aliphatic carbocycles. The Balaban J connectivity index is 2.48. The van der Waals surface area contributed by atoms with Crippen molar-refractivity contribution in [2.75, 3.05) is 24.9 Å². The summed E-state index contributed by atoms with van der Waals surface area (Å²) in [6.45, 7) is 6.98. The van der Waals surface area contributed by atoms with Gasteiger partial charge in [0.05, 0.1) is 5.69 Å². The molecule has 10 heteroatoms. The van der Waals surface area contributed by atoms with Gasteiger partial charge in [-0.15, -0.1) is 0 Å². The van der Waals surface area contributed by atoms with E-state index in [0.29, 0.717) is 6.42 Å². The second-order valence-electron chi connectivity index (χ2n) is 8.87. The van der Waals surface area contributed by atoms with Crippen LogP contribution >= 0.6 is 0 Å². The van der Waals surface area contributed by atoms with E-state index in [1.54, 1.807) is 6.92 Å². The summed E-state index contributed by atoms with van der Waals surface area (Å²) in [4.78, 5) is 28.1. The van der Waals surface area contributed by atoms with Gasteiger partial charge in [-0.3, -0.25) is 9.59 Å². The summed E-state index contributed by atoms with van der Waals surface area (Å²) in [6.07, 6.45) is 0.340. The van der Waals surface area contributed by atoms with Gasteiger partial charge in [0.15, 0.2) is 0 Å². The Morgan fingerprint density at radius 3 is 2.06 bits per heavy atom. The van der Waals surface area contributed by atoms with Gasteiger partial charge in [0.1, 0.15) is 18.4 Å². The molecule has 0 saturated heterocycles. The zero-order valence-corrected chi connectivity index (χ0v) is 22.0. The smallest absolute Gasteiger partial charge is 0.304 e. The molecule has 0 bridgehead atoms. The van der Waals surface area contributed by atoms with E-state index >= 15 is 0 Å². The molecule has 1 N–H and O–H groups in total. The molecule has 0 aliphatic rings. The van der Waals surface area contributed by atoms with E-state index in [2.05, 4.69) is 5.32 Å². The summed E-state index contributed by atoms with van der Waals surface area (Å²) in [7, 11) is -1.38. The van der Waals surface area contributed by atoms with Gasteiger partial charge in [0.25, 0.3) is 0 Å². The van der Waals surface area contributed by atoms with E-state index in [4.69, 9.17) is 0 Å². The molecule has 0 aromatic heterocycles. The monoisotopic (exact) mass is 506 g/mol. The van der Waals surface area contributed by atoms with Crippen molar-refractivity contribution in [1.29, 1.82) is 0 Å². The second-order valence-corrected chi connectivity index (χ2v) is 10.9. The van der Waals surface area contributed by atoms with Gasteiger partial charge < -0.3 is 10.2 Å². The first-order valence-corrected chi connectivity index (χ1v) is 12.9. The third-order valence-electron chi connectivity index (χ3n) is 5.42. The van der Waals surface area contributed by atoms with E-state index in [1.165, 1.54) is 31.1 Å². The first kappa shape index (κ1) is 28.3. The lowest BCUT2D eigenvalue weighted by Gasteiger charge is -2.34. The van der Waals surface area contributed by atoms with Crippen molar-refractivity contribution in [3.63, 3.8) is 0 Å². The van der Waals surface area contributed by atoms with Crippen molar-refractivity contribution in [3.8, 4) is 0 Å². The van der Waals surface area contributed by atoms with Crippen LogP contribution in [0, 0.1) is 12.7 Å². The Bertz CT molecular complexity index is 1100. The van der Waals surface area contributed by atoms with Gasteiger partial charge in [0.2, 0.25) is 11.8 Å². The summed E-state index contributed by atoms with van der Waals surface area (Å²) in [6, 6.07) is 11.5. The highest BCUT2D eigenvalue weighted by molar-refractivity contribution is 7.90. The third kappa shape index (κ3) is 7.50. The fraction of sp³-hybridized carbons (Fsp3) is 0.440. The first-order chi connectivity index (χ1) is 16.4. The van der Waals surface area contributed by atoms with Crippen LogP contribution in [-0.2, 0) is 26.3 Å². The molecule has 0 spiro atoms. The quantitative estimate of drug-likeness (QED) is 0.507. The number of carbonyl (C=O) groups excluding carboxylic acids is 2. The number of nitrogens with one attached hydrogen (secondary N) is 1. The normalized spacial score (nSPS) is 12.5. The van der Waals surface area contributed by atoms with Crippen molar-refractivity contribution in [3.05, 3.63) is 65.5 Å². The Labute approximate surface area is 207 Å². The zero-order chi connectivity index (χ0) is 26.3. The van der Waals surface area contributed by atoms with Crippen molar-refractivity contribution in [2.45, 2.75) is 52.7 Å². The lowest BCUT2D eigenvalue weighted by atomic mass is 10.1. The standard InChI is InChI=1S/C25H35FN4O4S/c1-7-23(25(32)27-18(2)3)29(16-20-10-8-19(4)9-11-20)24(31)17-30(35(33,34)28(5)6)22-14-12-21(26)13-15-22/h8-15,18,23H,7,16-17H2,1-6H3,(H,27,32)/t23-/m0/s1. The number of hydrogen-bond donors (Lipinski definition) is 1. The van der Waals surface area contributed by atoms with Crippen molar-refractivity contribution < 1.29 is 22.4 Å². The van der Waals surface area contributed by atoms with Crippen LogP contribution in [0.4, 0.5) is 10.1 Å². The van der Waals surface area contributed by atoms with E-state index in [1.807, 2.05) is 45.0 Å². The Morgan fingerprint density at radius 2 is 1.57 bits per heavy atom. The Kier molecular flexibility index (Phi) is 9.79. The third-order valence-corrected chi connectivity index (χ3v) is 7.24. The van der Waals surface area contributed by atoms with Crippen LogP contribution in [0.2, 0.25) is 0 Å². The lowest BCUT2D eigenvalue weighted by Crippen LogP contribution is -2.54. The number of nitrogens with zero attached hydrogens (tertiary/aromatic N) is 3. The van der Waals surface area contributed by atoms with Crippen LogP contribution in [0.25, 0.3) is 0 Å². The molecule has 0 saturated carbocycles. The van der Waals surface area contributed by atoms with Crippen LogP contribution < -0.4 is 9.62 Å². The molecule has 2 amide bonds. The maximum absolute atomic E-state index is 13.7. The highest BCUT2D eigenvalue weighted by Crippen LogP contribution is 2.22. The van der Waals surface area contributed by atoms with Gasteiger partial charge >= 0.3 is 10.2 Å². The first-order valence-electron chi connectivity index (χ1n) is 11.5. The highest BCUT2D eigenvalue weighted by Gasteiger charge is 2.33. The maximum atomic E-state index is 13.7. The fourth-order valence-corrected chi connectivity index (χ4v) is 4.57. The topological polar surface area (TPSA) is 90.0 Å². The van der Waals surface area contributed by atoms with Crippen LogP contribution in [0.3, 0.4) is 0 Å². The summed E-state index contributed by atoms with van der Waals surface area (Å²) >= 11 is 0. The van der Waals surface area contributed by atoms with Gasteiger partial charge in [-0.1, -0.05) is 36.8 Å². The number of carbonyl (C=O) groups is 2. The fourth-order valence-electron chi connectivity index (χ4n) is 3.51. The summed E-state index contributed by atoms with van der Waals surface area (Å²) in [5, 5.41) is 2.85. The van der Waals surface area contributed by atoms with Crippen LogP contribution in [-0.4, -0.2) is 62.2 Å². The maximum Gasteiger partial charge on any atom is 0.304 e. The van der Waals surface area contributed by atoms with Crippen LogP contribution in [0.15, 0.2) is 48.5 Å². The number of anilines is 1. The average molecular weight is 507 g/mol. The largest absolute Gasteiger partial charge is 0.352 e. The van der Waals surface area contributed by atoms with Crippen LogP contribution in [0.1, 0.15) is 38.3 Å². The molecular formula is C25H35FN4O4S. The van der Waals surface area contributed by atoms with Crippen LogP contribution in [0.5, 0.6) is 0 Å².